The van der Waals surface area contributed by atoms with Gasteiger partial charge in [-0.25, -0.2) is 4.98 Å². The highest BCUT2D eigenvalue weighted by molar-refractivity contribution is 9.10. The maximum Gasteiger partial charge on any atom is 0.308 e. The van der Waals surface area contributed by atoms with Crippen LogP contribution in [0.15, 0.2) is 64.1 Å². The second-order valence-corrected chi connectivity index (χ2v) is 7.20. The molecular formula is C21H20BrN3O4. The molecule has 0 bridgehead atoms. The molecule has 29 heavy (non-hydrogen) atoms. The van der Waals surface area contributed by atoms with Gasteiger partial charge >= 0.3 is 5.97 Å². The number of anilines is 1. The van der Waals surface area contributed by atoms with Crippen molar-refractivity contribution in [3.05, 3.63) is 69.7 Å². The van der Waals surface area contributed by atoms with E-state index in [9.17, 15) is 14.4 Å². The Morgan fingerprint density at radius 2 is 1.93 bits per heavy atom. The normalized spacial score (nSPS) is 10.7. The number of fused-ring (bicyclic) bond motifs is 1. The van der Waals surface area contributed by atoms with Gasteiger partial charge in [0.05, 0.1) is 23.7 Å². The van der Waals surface area contributed by atoms with E-state index in [4.69, 9.17) is 4.74 Å². The van der Waals surface area contributed by atoms with E-state index in [1.807, 2.05) is 43.3 Å². The molecule has 0 aliphatic heterocycles. The van der Waals surface area contributed by atoms with Crippen LogP contribution >= 0.6 is 15.9 Å². The van der Waals surface area contributed by atoms with Gasteiger partial charge in [0.25, 0.3) is 11.5 Å². The summed E-state index contributed by atoms with van der Waals surface area (Å²) in [5.74, 6) is -0.856. The van der Waals surface area contributed by atoms with Gasteiger partial charge in [0.1, 0.15) is 0 Å². The van der Waals surface area contributed by atoms with E-state index < -0.39 is 5.97 Å². The average Bonchev–Trinajstić information content (AvgIpc) is 2.73. The highest BCUT2D eigenvalue weighted by atomic mass is 79.9. The SMILES string of the molecule is CCN(C(=O)COC(=O)CCn1cnc2ccc(Br)cc2c1=O)c1ccccc1. The van der Waals surface area contributed by atoms with Gasteiger partial charge in [-0.15, -0.1) is 0 Å². The van der Waals surface area contributed by atoms with E-state index in [2.05, 4.69) is 20.9 Å². The van der Waals surface area contributed by atoms with Crippen molar-refractivity contribution < 1.29 is 14.3 Å². The van der Waals surface area contributed by atoms with Gasteiger partial charge in [-0.2, -0.15) is 0 Å². The summed E-state index contributed by atoms with van der Waals surface area (Å²) in [5.41, 5.74) is 1.10. The van der Waals surface area contributed by atoms with Crippen LogP contribution in [-0.2, 0) is 20.9 Å². The van der Waals surface area contributed by atoms with Crippen molar-refractivity contribution in [1.29, 1.82) is 0 Å². The van der Waals surface area contributed by atoms with Crippen LogP contribution in [-0.4, -0.2) is 34.6 Å². The van der Waals surface area contributed by atoms with Crippen LogP contribution in [0.4, 0.5) is 5.69 Å². The minimum Gasteiger partial charge on any atom is -0.455 e. The maximum atomic E-state index is 12.5. The number of para-hydroxylation sites is 1. The average molecular weight is 458 g/mol. The molecule has 3 rings (SSSR count). The molecule has 0 fully saturated rings. The predicted octanol–water partition coefficient (Wildman–Crippen LogP) is 3.15. The number of aromatic nitrogens is 2. The molecule has 1 heterocycles. The van der Waals surface area contributed by atoms with Crippen LogP contribution in [0, 0.1) is 0 Å². The van der Waals surface area contributed by atoms with E-state index in [1.165, 1.54) is 10.9 Å². The van der Waals surface area contributed by atoms with Crippen molar-refractivity contribution in [2.45, 2.75) is 19.9 Å². The summed E-state index contributed by atoms with van der Waals surface area (Å²) >= 11 is 3.34. The first-order chi connectivity index (χ1) is 14.0. The van der Waals surface area contributed by atoms with Crippen molar-refractivity contribution >= 4 is 44.4 Å². The molecule has 0 aliphatic carbocycles. The molecule has 0 saturated carbocycles. The van der Waals surface area contributed by atoms with Gasteiger partial charge in [0.2, 0.25) is 0 Å². The van der Waals surface area contributed by atoms with E-state index >= 15 is 0 Å². The zero-order valence-corrected chi connectivity index (χ0v) is 17.5. The monoisotopic (exact) mass is 457 g/mol. The number of hydrogen-bond acceptors (Lipinski definition) is 5. The van der Waals surface area contributed by atoms with E-state index in [0.717, 1.165) is 10.2 Å². The van der Waals surface area contributed by atoms with Gasteiger partial charge in [0.15, 0.2) is 6.61 Å². The van der Waals surface area contributed by atoms with E-state index in [-0.39, 0.29) is 31.0 Å². The Morgan fingerprint density at radius 1 is 1.17 bits per heavy atom. The number of aryl methyl sites for hydroxylation is 1. The molecule has 0 N–H and O–H groups in total. The molecule has 0 aliphatic rings. The lowest BCUT2D eigenvalue weighted by Gasteiger charge is -2.20. The molecule has 0 saturated heterocycles. The zero-order chi connectivity index (χ0) is 20.8. The van der Waals surface area contributed by atoms with Crippen molar-refractivity contribution in [2.75, 3.05) is 18.1 Å². The number of benzene rings is 2. The standard InChI is InChI=1S/C21H20BrN3O4/c1-2-25(16-6-4-3-5-7-16)19(26)13-29-20(27)10-11-24-14-23-18-9-8-15(22)12-17(18)21(24)28/h3-9,12,14H,2,10-11,13H2,1H3. The number of nitrogens with zero attached hydrogens (tertiary/aromatic N) is 3. The van der Waals surface area contributed by atoms with Crippen molar-refractivity contribution in [1.82, 2.24) is 9.55 Å². The molecule has 150 valence electrons. The second kappa shape index (κ2) is 9.47. The molecule has 7 nitrogen and oxygen atoms in total. The molecule has 3 aromatic rings. The Hall–Kier alpha value is -3.00. The number of esters is 1. The summed E-state index contributed by atoms with van der Waals surface area (Å²) in [4.78, 5) is 42.7. The molecule has 1 amide bonds. The van der Waals surface area contributed by atoms with Crippen LogP contribution in [0.2, 0.25) is 0 Å². The van der Waals surface area contributed by atoms with Crippen molar-refractivity contribution in [2.24, 2.45) is 0 Å². The summed E-state index contributed by atoms with van der Waals surface area (Å²) in [6.45, 7) is 2.09. The minimum absolute atomic E-state index is 0.0359. The number of rotatable bonds is 7. The number of hydrogen-bond donors (Lipinski definition) is 0. The van der Waals surface area contributed by atoms with Crippen LogP contribution in [0.3, 0.4) is 0 Å². The Bertz CT molecular complexity index is 1080. The molecular weight excluding hydrogens is 438 g/mol. The smallest absolute Gasteiger partial charge is 0.308 e. The highest BCUT2D eigenvalue weighted by Gasteiger charge is 2.16. The fraction of sp³-hybridized carbons (Fsp3) is 0.238. The number of halogens is 1. The largest absolute Gasteiger partial charge is 0.455 e. The van der Waals surface area contributed by atoms with Crippen LogP contribution in [0.1, 0.15) is 13.3 Å². The topological polar surface area (TPSA) is 81.5 Å². The predicted molar refractivity (Wildman–Crippen MR) is 114 cm³/mol. The highest BCUT2D eigenvalue weighted by Crippen LogP contribution is 2.15. The first kappa shape index (κ1) is 20.7. The fourth-order valence-electron chi connectivity index (χ4n) is 2.91. The number of ether oxygens (including phenoxy) is 1. The molecule has 1 aromatic heterocycles. The van der Waals surface area contributed by atoms with Gasteiger partial charge in [-0.1, -0.05) is 34.1 Å². The third-order valence-corrected chi connectivity index (χ3v) is 4.88. The third kappa shape index (κ3) is 5.08. The third-order valence-electron chi connectivity index (χ3n) is 4.38. The summed E-state index contributed by atoms with van der Waals surface area (Å²) < 4.78 is 7.24. The first-order valence-corrected chi connectivity index (χ1v) is 9.94. The lowest BCUT2D eigenvalue weighted by atomic mass is 10.2. The Morgan fingerprint density at radius 3 is 2.66 bits per heavy atom. The number of carbonyl (C=O) groups excluding carboxylic acids is 2. The molecule has 0 unspecified atom stereocenters. The number of carbonyl (C=O) groups is 2. The van der Waals surface area contributed by atoms with Gasteiger partial charge < -0.3 is 9.64 Å². The Labute approximate surface area is 176 Å². The quantitative estimate of drug-likeness (QED) is 0.509. The van der Waals surface area contributed by atoms with Gasteiger partial charge in [0, 0.05) is 23.2 Å². The Kier molecular flexibility index (Phi) is 6.77. The fourth-order valence-corrected chi connectivity index (χ4v) is 3.27. The number of amides is 1. The molecule has 0 spiro atoms. The maximum absolute atomic E-state index is 12.5. The van der Waals surface area contributed by atoms with Gasteiger partial charge in [-0.05, 0) is 37.3 Å². The second-order valence-electron chi connectivity index (χ2n) is 6.29. The first-order valence-electron chi connectivity index (χ1n) is 9.15. The minimum atomic E-state index is -0.552. The molecule has 8 heteroatoms. The summed E-state index contributed by atoms with van der Waals surface area (Å²) in [6, 6.07) is 14.4. The molecule has 0 radical (unpaired) electrons. The summed E-state index contributed by atoms with van der Waals surface area (Å²) in [5, 5.41) is 0.465. The van der Waals surface area contributed by atoms with Crippen molar-refractivity contribution in [3.8, 4) is 0 Å². The molecule has 2 aromatic carbocycles. The van der Waals surface area contributed by atoms with Crippen LogP contribution in [0.25, 0.3) is 10.9 Å². The van der Waals surface area contributed by atoms with E-state index in [0.29, 0.717) is 17.4 Å². The van der Waals surface area contributed by atoms with Gasteiger partial charge in [-0.3, -0.25) is 19.0 Å². The van der Waals surface area contributed by atoms with E-state index in [1.54, 1.807) is 17.0 Å². The number of likely N-dealkylation sites (N-methyl/N-ethyl adjacent to an activating group) is 1. The lowest BCUT2D eigenvalue weighted by Crippen LogP contribution is -2.34. The lowest BCUT2D eigenvalue weighted by molar-refractivity contribution is -0.148. The summed E-state index contributed by atoms with van der Waals surface area (Å²) in [6.07, 6.45) is 1.37. The van der Waals surface area contributed by atoms with Crippen molar-refractivity contribution in [3.63, 3.8) is 0 Å². The zero-order valence-electron chi connectivity index (χ0n) is 15.9. The van der Waals surface area contributed by atoms with Crippen LogP contribution in [0.5, 0.6) is 0 Å². The Balaban J connectivity index is 1.57. The molecule has 0 atom stereocenters. The summed E-state index contributed by atoms with van der Waals surface area (Å²) in [7, 11) is 0. The van der Waals surface area contributed by atoms with Crippen LogP contribution < -0.4 is 10.5 Å².